The van der Waals surface area contributed by atoms with Crippen molar-refractivity contribution in [2.45, 2.75) is 25.1 Å². The molecule has 0 saturated heterocycles. The quantitative estimate of drug-likeness (QED) is 0.613. The van der Waals surface area contributed by atoms with E-state index in [1.165, 1.54) is 6.26 Å². The van der Waals surface area contributed by atoms with Crippen LogP contribution in [-0.4, -0.2) is 50.0 Å². The SMILES string of the molecule is CC[C@@H](COCC(=O)O)Nc1cc(CS(C)(=O)=O)cc(Br)n1. The lowest BCUT2D eigenvalue weighted by Crippen LogP contribution is -2.26. The van der Waals surface area contributed by atoms with Gasteiger partial charge in [-0.25, -0.2) is 18.2 Å². The Bertz CT molecular complexity index is 621. The van der Waals surface area contributed by atoms with Gasteiger partial charge in [-0.1, -0.05) is 6.92 Å². The van der Waals surface area contributed by atoms with E-state index in [1.807, 2.05) is 6.92 Å². The van der Waals surface area contributed by atoms with Crippen LogP contribution in [0.15, 0.2) is 16.7 Å². The lowest BCUT2D eigenvalue weighted by atomic mass is 10.2. The number of hydrogen-bond donors (Lipinski definition) is 2. The number of carbonyl (C=O) groups is 1. The average Bonchev–Trinajstić information content (AvgIpc) is 2.34. The van der Waals surface area contributed by atoms with Crippen LogP contribution in [0.2, 0.25) is 0 Å². The highest BCUT2D eigenvalue weighted by atomic mass is 79.9. The van der Waals surface area contributed by atoms with Crippen molar-refractivity contribution in [2.75, 3.05) is 24.8 Å². The van der Waals surface area contributed by atoms with E-state index < -0.39 is 15.8 Å². The molecule has 0 aliphatic carbocycles. The highest BCUT2D eigenvalue weighted by molar-refractivity contribution is 9.10. The molecule has 0 aliphatic heterocycles. The van der Waals surface area contributed by atoms with Crippen molar-refractivity contribution in [2.24, 2.45) is 0 Å². The van der Waals surface area contributed by atoms with Gasteiger partial charge in [0.15, 0.2) is 9.84 Å². The number of rotatable bonds is 9. The van der Waals surface area contributed by atoms with Gasteiger partial charge in [0, 0.05) is 6.26 Å². The first-order chi connectivity index (χ1) is 10.2. The van der Waals surface area contributed by atoms with Crippen LogP contribution in [0.3, 0.4) is 0 Å². The summed E-state index contributed by atoms with van der Waals surface area (Å²) in [5.41, 5.74) is 0.619. The summed E-state index contributed by atoms with van der Waals surface area (Å²) >= 11 is 3.25. The van der Waals surface area contributed by atoms with Crippen molar-refractivity contribution in [3.05, 3.63) is 22.3 Å². The number of pyridine rings is 1. The molecule has 1 aromatic heterocycles. The van der Waals surface area contributed by atoms with E-state index in [1.54, 1.807) is 12.1 Å². The van der Waals surface area contributed by atoms with E-state index in [0.717, 1.165) is 0 Å². The van der Waals surface area contributed by atoms with Gasteiger partial charge in [0.25, 0.3) is 0 Å². The van der Waals surface area contributed by atoms with Crippen LogP contribution in [0.4, 0.5) is 5.82 Å². The molecule has 0 unspecified atom stereocenters. The van der Waals surface area contributed by atoms with Gasteiger partial charge in [-0.2, -0.15) is 0 Å². The maximum absolute atomic E-state index is 11.4. The Morgan fingerprint density at radius 1 is 1.50 bits per heavy atom. The molecule has 1 aromatic rings. The fraction of sp³-hybridized carbons (Fsp3) is 0.538. The normalized spacial score (nSPS) is 12.9. The fourth-order valence-corrected chi connectivity index (χ4v) is 3.03. The van der Waals surface area contributed by atoms with Crippen molar-refractivity contribution < 1.29 is 23.1 Å². The number of carboxylic acids is 1. The second kappa shape index (κ2) is 8.44. The Labute approximate surface area is 138 Å². The van der Waals surface area contributed by atoms with E-state index in [2.05, 4.69) is 26.2 Å². The molecule has 0 spiro atoms. The third-order valence-corrected chi connectivity index (χ3v) is 3.94. The van der Waals surface area contributed by atoms with E-state index in [0.29, 0.717) is 22.4 Å². The van der Waals surface area contributed by atoms with Crippen molar-refractivity contribution in [3.63, 3.8) is 0 Å². The second-order valence-corrected chi connectivity index (χ2v) is 7.86. The number of halogens is 1. The van der Waals surface area contributed by atoms with Gasteiger partial charge in [-0.3, -0.25) is 0 Å². The third-order valence-electron chi connectivity index (χ3n) is 2.67. The van der Waals surface area contributed by atoms with Gasteiger partial charge in [0.05, 0.1) is 18.4 Å². The summed E-state index contributed by atoms with van der Waals surface area (Å²) < 4.78 is 28.3. The standard InChI is InChI=1S/C13H19BrN2O5S/c1-3-10(6-21-7-13(17)18)15-12-5-9(4-11(14)16-12)8-22(2,19)20/h4-5,10H,3,6-8H2,1-2H3,(H,15,16)(H,17,18)/t10-/m0/s1. The minimum Gasteiger partial charge on any atom is -0.480 e. The molecule has 9 heteroatoms. The number of anilines is 1. The van der Waals surface area contributed by atoms with Crippen LogP contribution in [0.1, 0.15) is 18.9 Å². The molecule has 124 valence electrons. The Morgan fingerprint density at radius 3 is 2.73 bits per heavy atom. The van der Waals surface area contributed by atoms with Crippen LogP contribution in [0.25, 0.3) is 0 Å². The third kappa shape index (κ3) is 7.71. The van der Waals surface area contributed by atoms with Crippen LogP contribution >= 0.6 is 15.9 Å². The van der Waals surface area contributed by atoms with Crippen molar-refractivity contribution >= 4 is 37.6 Å². The van der Waals surface area contributed by atoms with E-state index in [-0.39, 0.29) is 25.0 Å². The fourth-order valence-electron chi connectivity index (χ4n) is 1.77. The van der Waals surface area contributed by atoms with Gasteiger partial charge in [-0.05, 0) is 40.0 Å². The summed E-state index contributed by atoms with van der Waals surface area (Å²) in [5.74, 6) is -0.584. The Hall–Kier alpha value is -1.19. The molecule has 0 bridgehead atoms. The minimum absolute atomic E-state index is 0.0743. The van der Waals surface area contributed by atoms with Crippen LogP contribution in [0, 0.1) is 0 Å². The van der Waals surface area contributed by atoms with Gasteiger partial charge in [0.1, 0.15) is 17.0 Å². The lowest BCUT2D eigenvalue weighted by Gasteiger charge is -2.18. The summed E-state index contributed by atoms with van der Waals surface area (Å²) in [5, 5.41) is 11.7. The maximum Gasteiger partial charge on any atom is 0.329 e. The van der Waals surface area contributed by atoms with Gasteiger partial charge in [-0.15, -0.1) is 0 Å². The van der Waals surface area contributed by atoms with Crippen molar-refractivity contribution in [1.29, 1.82) is 0 Å². The summed E-state index contributed by atoms with van der Waals surface area (Å²) in [4.78, 5) is 14.7. The zero-order chi connectivity index (χ0) is 16.8. The van der Waals surface area contributed by atoms with Crippen molar-refractivity contribution in [1.82, 2.24) is 4.98 Å². The monoisotopic (exact) mass is 394 g/mol. The molecule has 1 rings (SSSR count). The number of carboxylic acid groups (broad SMARTS) is 1. The Kier molecular flexibility index (Phi) is 7.24. The van der Waals surface area contributed by atoms with Crippen molar-refractivity contribution in [3.8, 4) is 0 Å². The first-order valence-corrected chi connectivity index (χ1v) is 9.45. The first kappa shape index (κ1) is 18.9. The maximum atomic E-state index is 11.4. The number of nitrogens with zero attached hydrogens (tertiary/aromatic N) is 1. The molecular weight excluding hydrogens is 376 g/mol. The minimum atomic E-state index is -3.13. The highest BCUT2D eigenvalue weighted by Gasteiger charge is 2.12. The molecule has 2 N–H and O–H groups in total. The second-order valence-electron chi connectivity index (χ2n) is 4.91. The zero-order valence-corrected chi connectivity index (χ0v) is 14.8. The van der Waals surface area contributed by atoms with Crippen LogP contribution < -0.4 is 5.32 Å². The molecule has 0 saturated carbocycles. The number of hydrogen-bond acceptors (Lipinski definition) is 6. The number of nitrogens with one attached hydrogen (secondary N) is 1. The number of ether oxygens (including phenoxy) is 1. The molecule has 0 aromatic carbocycles. The van der Waals surface area contributed by atoms with Gasteiger partial charge >= 0.3 is 5.97 Å². The van der Waals surface area contributed by atoms with E-state index >= 15 is 0 Å². The summed E-state index contributed by atoms with van der Waals surface area (Å²) in [6.07, 6.45) is 1.87. The average molecular weight is 395 g/mol. The molecule has 0 radical (unpaired) electrons. The van der Waals surface area contributed by atoms with Gasteiger partial charge in [0.2, 0.25) is 0 Å². The summed E-state index contributed by atoms with van der Waals surface area (Å²) in [6, 6.07) is 3.19. The van der Waals surface area contributed by atoms with E-state index in [9.17, 15) is 13.2 Å². The number of aromatic nitrogens is 1. The predicted octanol–water partition coefficient (Wildman–Crippen LogP) is 1.68. The number of aliphatic carboxylic acids is 1. The topological polar surface area (TPSA) is 106 Å². The molecule has 1 atom stereocenters. The predicted molar refractivity (Wildman–Crippen MR) is 86.6 cm³/mol. The van der Waals surface area contributed by atoms with E-state index in [4.69, 9.17) is 9.84 Å². The summed E-state index contributed by atoms with van der Waals surface area (Å²) in [6.45, 7) is 1.79. The zero-order valence-electron chi connectivity index (χ0n) is 12.4. The molecular formula is C13H19BrN2O5S. The van der Waals surface area contributed by atoms with Crippen LogP contribution in [0.5, 0.6) is 0 Å². The Balaban J connectivity index is 2.76. The molecule has 0 aliphatic rings. The molecule has 0 amide bonds. The smallest absolute Gasteiger partial charge is 0.329 e. The highest BCUT2D eigenvalue weighted by Crippen LogP contribution is 2.18. The first-order valence-electron chi connectivity index (χ1n) is 6.60. The molecule has 1 heterocycles. The lowest BCUT2D eigenvalue weighted by molar-refractivity contribution is -0.142. The number of sulfone groups is 1. The Morgan fingerprint density at radius 2 is 2.18 bits per heavy atom. The molecule has 22 heavy (non-hydrogen) atoms. The molecule has 7 nitrogen and oxygen atoms in total. The summed E-state index contributed by atoms with van der Waals surface area (Å²) in [7, 11) is -3.13. The molecule has 0 fully saturated rings. The van der Waals surface area contributed by atoms with Crippen LogP contribution in [-0.2, 0) is 25.1 Å². The largest absolute Gasteiger partial charge is 0.480 e. The van der Waals surface area contributed by atoms with Gasteiger partial charge < -0.3 is 15.2 Å².